The van der Waals surface area contributed by atoms with E-state index in [1.54, 1.807) is 50.2 Å². The Hall–Kier alpha value is -3.22. The summed E-state index contributed by atoms with van der Waals surface area (Å²) in [5.41, 5.74) is 3.74. The fourth-order valence-corrected chi connectivity index (χ4v) is 2.01. The second-order valence-electron chi connectivity index (χ2n) is 5.67. The van der Waals surface area contributed by atoms with Crippen LogP contribution in [0.15, 0.2) is 47.6 Å². The Morgan fingerprint density at radius 3 is 2.56 bits per heavy atom. The fraction of sp³-hybridized carbons (Fsp3) is 0.167. The standard InChI is InChI=1S/C18H19FN4O2/c1-12-7-8-15(16(19)9-12)18(25)21-14-6-4-5-13(10-14)17(24)22-20-11-23(2)3/h4-11H,1-3H3,(H,21,25)(H,22,24). The van der Waals surface area contributed by atoms with Crippen molar-refractivity contribution in [2.24, 2.45) is 5.10 Å². The summed E-state index contributed by atoms with van der Waals surface area (Å²) in [5, 5.41) is 6.35. The summed E-state index contributed by atoms with van der Waals surface area (Å²) in [5.74, 6) is -1.60. The van der Waals surface area contributed by atoms with E-state index in [4.69, 9.17) is 0 Å². The molecule has 25 heavy (non-hydrogen) atoms. The van der Waals surface area contributed by atoms with Gasteiger partial charge in [0, 0.05) is 25.3 Å². The first-order valence-electron chi connectivity index (χ1n) is 7.54. The van der Waals surface area contributed by atoms with Crippen LogP contribution in [0, 0.1) is 12.7 Å². The van der Waals surface area contributed by atoms with Gasteiger partial charge < -0.3 is 10.2 Å². The second kappa shape index (κ2) is 8.05. The molecule has 0 unspecified atom stereocenters. The molecule has 6 nitrogen and oxygen atoms in total. The van der Waals surface area contributed by atoms with Gasteiger partial charge in [-0.3, -0.25) is 9.59 Å². The van der Waals surface area contributed by atoms with Crippen LogP contribution in [-0.4, -0.2) is 37.1 Å². The van der Waals surface area contributed by atoms with Gasteiger partial charge in [0.05, 0.1) is 5.56 Å². The van der Waals surface area contributed by atoms with E-state index in [0.717, 1.165) is 5.56 Å². The van der Waals surface area contributed by atoms with Crippen LogP contribution in [-0.2, 0) is 0 Å². The Kier molecular flexibility index (Phi) is 5.84. The molecule has 2 N–H and O–H groups in total. The highest BCUT2D eigenvalue weighted by Gasteiger charge is 2.13. The van der Waals surface area contributed by atoms with Crippen LogP contribution in [0.2, 0.25) is 0 Å². The summed E-state index contributed by atoms with van der Waals surface area (Å²) in [7, 11) is 3.55. The maximum atomic E-state index is 13.9. The van der Waals surface area contributed by atoms with Crippen LogP contribution in [0.5, 0.6) is 0 Å². The molecule has 130 valence electrons. The molecular formula is C18H19FN4O2. The predicted octanol–water partition coefficient (Wildman–Crippen LogP) is 2.62. The van der Waals surface area contributed by atoms with Crippen molar-refractivity contribution in [3.63, 3.8) is 0 Å². The summed E-state index contributed by atoms with van der Waals surface area (Å²) >= 11 is 0. The lowest BCUT2D eigenvalue weighted by Gasteiger charge is -2.08. The first kappa shape index (κ1) is 18.1. The van der Waals surface area contributed by atoms with Crippen molar-refractivity contribution in [1.29, 1.82) is 0 Å². The van der Waals surface area contributed by atoms with Crippen molar-refractivity contribution in [3.8, 4) is 0 Å². The highest BCUT2D eigenvalue weighted by Crippen LogP contribution is 2.15. The molecule has 0 aliphatic heterocycles. The number of carbonyl (C=O) groups is 2. The smallest absolute Gasteiger partial charge is 0.271 e. The number of halogens is 1. The molecule has 0 fully saturated rings. The third-order valence-corrected chi connectivity index (χ3v) is 3.21. The Morgan fingerprint density at radius 1 is 1.12 bits per heavy atom. The Labute approximate surface area is 145 Å². The average molecular weight is 342 g/mol. The van der Waals surface area contributed by atoms with Gasteiger partial charge in [-0.25, -0.2) is 9.82 Å². The molecule has 2 aromatic rings. The van der Waals surface area contributed by atoms with Crippen molar-refractivity contribution in [2.75, 3.05) is 19.4 Å². The number of hydrogen-bond donors (Lipinski definition) is 2. The molecule has 0 atom stereocenters. The van der Waals surface area contributed by atoms with Crippen molar-refractivity contribution < 1.29 is 14.0 Å². The van der Waals surface area contributed by atoms with E-state index in [1.165, 1.54) is 24.5 Å². The molecule has 0 saturated carbocycles. The van der Waals surface area contributed by atoms with Crippen LogP contribution in [0.3, 0.4) is 0 Å². The molecule has 7 heteroatoms. The van der Waals surface area contributed by atoms with Gasteiger partial charge in [0.2, 0.25) is 0 Å². The molecule has 0 aliphatic rings. The van der Waals surface area contributed by atoms with E-state index in [-0.39, 0.29) is 5.56 Å². The second-order valence-corrected chi connectivity index (χ2v) is 5.67. The Morgan fingerprint density at radius 2 is 1.88 bits per heavy atom. The quantitative estimate of drug-likeness (QED) is 0.498. The van der Waals surface area contributed by atoms with Gasteiger partial charge in [-0.15, -0.1) is 0 Å². The van der Waals surface area contributed by atoms with E-state index < -0.39 is 17.6 Å². The van der Waals surface area contributed by atoms with Gasteiger partial charge in [-0.1, -0.05) is 12.1 Å². The van der Waals surface area contributed by atoms with Crippen molar-refractivity contribution >= 4 is 23.8 Å². The van der Waals surface area contributed by atoms with Gasteiger partial charge in [0.15, 0.2) is 0 Å². The molecule has 0 aliphatic carbocycles. The number of amides is 2. The molecule has 2 aromatic carbocycles. The van der Waals surface area contributed by atoms with E-state index in [1.807, 2.05) is 0 Å². The number of rotatable bonds is 5. The highest BCUT2D eigenvalue weighted by atomic mass is 19.1. The first-order valence-corrected chi connectivity index (χ1v) is 7.54. The van der Waals surface area contributed by atoms with Gasteiger partial charge >= 0.3 is 0 Å². The van der Waals surface area contributed by atoms with Crippen molar-refractivity contribution in [1.82, 2.24) is 10.3 Å². The minimum Gasteiger partial charge on any atom is -0.367 e. The minimum atomic E-state index is -0.593. The lowest BCUT2D eigenvalue weighted by atomic mass is 10.1. The van der Waals surface area contributed by atoms with Gasteiger partial charge in [0.1, 0.15) is 12.2 Å². The molecule has 2 rings (SSSR count). The number of hydrazone groups is 1. The zero-order valence-electron chi connectivity index (χ0n) is 14.2. The van der Waals surface area contributed by atoms with Crippen LogP contribution in [0.25, 0.3) is 0 Å². The lowest BCUT2D eigenvalue weighted by molar-refractivity contribution is 0.0953. The number of benzene rings is 2. The zero-order valence-corrected chi connectivity index (χ0v) is 14.2. The summed E-state index contributed by atoms with van der Waals surface area (Å²) in [4.78, 5) is 25.9. The number of anilines is 1. The molecule has 2 amide bonds. The largest absolute Gasteiger partial charge is 0.367 e. The number of nitrogens with zero attached hydrogens (tertiary/aromatic N) is 2. The third-order valence-electron chi connectivity index (χ3n) is 3.21. The maximum absolute atomic E-state index is 13.9. The Bertz CT molecular complexity index is 818. The molecule has 0 radical (unpaired) electrons. The van der Waals surface area contributed by atoms with Crippen LogP contribution in [0.1, 0.15) is 26.3 Å². The van der Waals surface area contributed by atoms with Gasteiger partial charge in [0.25, 0.3) is 11.8 Å². The summed E-state index contributed by atoms with van der Waals surface area (Å²) in [6, 6.07) is 10.7. The van der Waals surface area contributed by atoms with E-state index in [0.29, 0.717) is 11.3 Å². The van der Waals surface area contributed by atoms with Crippen molar-refractivity contribution in [2.45, 2.75) is 6.92 Å². The summed E-state index contributed by atoms with van der Waals surface area (Å²) in [6.07, 6.45) is 1.45. The van der Waals surface area contributed by atoms with Crippen molar-refractivity contribution in [3.05, 3.63) is 65.0 Å². The van der Waals surface area contributed by atoms with E-state index in [2.05, 4.69) is 15.8 Å². The zero-order chi connectivity index (χ0) is 18.4. The average Bonchev–Trinajstić information content (AvgIpc) is 2.54. The lowest BCUT2D eigenvalue weighted by Crippen LogP contribution is -2.20. The Balaban J connectivity index is 2.10. The third kappa shape index (κ3) is 5.13. The molecule has 0 spiro atoms. The molecule has 0 aromatic heterocycles. The monoisotopic (exact) mass is 342 g/mol. The highest BCUT2D eigenvalue weighted by molar-refractivity contribution is 6.05. The number of carbonyl (C=O) groups excluding carboxylic acids is 2. The first-order chi connectivity index (χ1) is 11.9. The van der Waals surface area contributed by atoms with Crippen LogP contribution >= 0.6 is 0 Å². The summed E-state index contributed by atoms with van der Waals surface area (Å²) < 4.78 is 13.9. The molecule has 0 saturated heterocycles. The summed E-state index contributed by atoms with van der Waals surface area (Å²) in [6.45, 7) is 1.74. The molecular weight excluding hydrogens is 323 g/mol. The van der Waals surface area contributed by atoms with E-state index in [9.17, 15) is 14.0 Å². The minimum absolute atomic E-state index is 0.0592. The molecule has 0 bridgehead atoms. The molecule has 0 heterocycles. The normalized spacial score (nSPS) is 10.6. The maximum Gasteiger partial charge on any atom is 0.271 e. The van der Waals surface area contributed by atoms with Gasteiger partial charge in [-0.2, -0.15) is 5.10 Å². The predicted molar refractivity (Wildman–Crippen MR) is 95.2 cm³/mol. The van der Waals surface area contributed by atoms with Crippen LogP contribution in [0.4, 0.5) is 10.1 Å². The number of nitrogens with one attached hydrogen (secondary N) is 2. The number of aryl methyl sites for hydroxylation is 1. The van der Waals surface area contributed by atoms with Gasteiger partial charge in [-0.05, 0) is 42.8 Å². The van der Waals surface area contributed by atoms with Crippen LogP contribution < -0.4 is 10.7 Å². The number of hydrogen-bond acceptors (Lipinski definition) is 3. The SMILES string of the molecule is Cc1ccc(C(=O)Nc2cccc(C(=O)NN=CN(C)C)c2)c(F)c1. The fourth-order valence-electron chi connectivity index (χ4n) is 2.01. The van der Waals surface area contributed by atoms with E-state index >= 15 is 0 Å². The topological polar surface area (TPSA) is 73.8 Å².